The highest BCUT2D eigenvalue weighted by Gasteiger charge is 2.37. The lowest BCUT2D eigenvalue weighted by molar-refractivity contribution is -0.384. The Morgan fingerprint density at radius 1 is 1.38 bits per heavy atom. The highest BCUT2D eigenvalue weighted by atomic mass is 16.6. The second-order valence-corrected chi connectivity index (χ2v) is 5.64. The molecule has 2 saturated heterocycles. The third-order valence-corrected chi connectivity index (χ3v) is 4.42. The van der Waals surface area contributed by atoms with Crippen molar-refractivity contribution in [3.63, 3.8) is 0 Å². The summed E-state index contributed by atoms with van der Waals surface area (Å²) in [5.74, 6) is -0.582. The number of nitrogens with one attached hydrogen (secondary N) is 1. The van der Waals surface area contributed by atoms with Crippen LogP contribution in [0.4, 0.5) is 11.4 Å². The van der Waals surface area contributed by atoms with Gasteiger partial charge in [0.05, 0.1) is 4.92 Å². The smallest absolute Gasteiger partial charge is 0.292 e. The number of fused-ring (bicyclic) bond motifs is 1. The van der Waals surface area contributed by atoms with Crippen molar-refractivity contribution >= 4 is 17.3 Å². The molecule has 0 aliphatic carbocycles. The van der Waals surface area contributed by atoms with Gasteiger partial charge in [-0.1, -0.05) is 0 Å². The molecular weight excluding hydrogens is 272 g/mol. The number of benzene rings is 1. The molecule has 7 heteroatoms. The summed E-state index contributed by atoms with van der Waals surface area (Å²) in [5, 5.41) is 14.4. The molecule has 0 aromatic heterocycles. The van der Waals surface area contributed by atoms with E-state index in [1.807, 2.05) is 0 Å². The molecule has 0 saturated carbocycles. The van der Waals surface area contributed by atoms with E-state index in [0.29, 0.717) is 11.7 Å². The molecule has 2 aliphatic heterocycles. The summed E-state index contributed by atoms with van der Waals surface area (Å²) < 4.78 is 0. The molecule has 2 heterocycles. The standard InChI is InChI=1S/C14H18N4O3/c15-14(19)9-3-4-13(18(20)21)11(8-9)16-10-5-7-17-6-1-2-12(10)17/h3-4,8,10,12,16H,1-2,5-7H2,(H2,15,19). The first-order valence-corrected chi connectivity index (χ1v) is 7.15. The van der Waals surface area contributed by atoms with Crippen molar-refractivity contribution in [1.82, 2.24) is 4.90 Å². The predicted molar refractivity (Wildman–Crippen MR) is 78.2 cm³/mol. The summed E-state index contributed by atoms with van der Waals surface area (Å²) in [7, 11) is 0. The molecule has 112 valence electrons. The minimum absolute atomic E-state index is 0.0172. The van der Waals surface area contributed by atoms with Crippen molar-refractivity contribution in [3.05, 3.63) is 33.9 Å². The number of anilines is 1. The summed E-state index contributed by atoms with van der Waals surface area (Å²) in [6, 6.07) is 4.83. The first-order valence-electron chi connectivity index (χ1n) is 7.15. The van der Waals surface area contributed by atoms with Crippen molar-refractivity contribution in [1.29, 1.82) is 0 Å². The maximum atomic E-state index is 11.3. The van der Waals surface area contributed by atoms with Crippen LogP contribution >= 0.6 is 0 Å². The van der Waals surface area contributed by atoms with Crippen LogP contribution < -0.4 is 11.1 Å². The number of carbonyl (C=O) groups is 1. The van der Waals surface area contributed by atoms with Gasteiger partial charge in [0.2, 0.25) is 5.91 Å². The van der Waals surface area contributed by atoms with Gasteiger partial charge >= 0.3 is 0 Å². The molecule has 3 N–H and O–H groups in total. The Kier molecular flexibility index (Phi) is 3.50. The van der Waals surface area contributed by atoms with Gasteiger partial charge < -0.3 is 11.1 Å². The number of nitro groups is 1. The number of hydrogen-bond acceptors (Lipinski definition) is 5. The molecule has 0 radical (unpaired) electrons. The maximum Gasteiger partial charge on any atom is 0.292 e. The van der Waals surface area contributed by atoms with Gasteiger partial charge in [0, 0.05) is 30.3 Å². The van der Waals surface area contributed by atoms with Crippen LogP contribution in [0.25, 0.3) is 0 Å². The van der Waals surface area contributed by atoms with Gasteiger partial charge in [0.25, 0.3) is 5.69 Å². The Morgan fingerprint density at radius 3 is 2.90 bits per heavy atom. The highest BCUT2D eigenvalue weighted by molar-refractivity contribution is 5.94. The Balaban J connectivity index is 1.87. The second-order valence-electron chi connectivity index (χ2n) is 5.64. The largest absolute Gasteiger partial charge is 0.375 e. The lowest BCUT2D eigenvalue weighted by atomic mass is 10.1. The van der Waals surface area contributed by atoms with Crippen molar-refractivity contribution in [3.8, 4) is 0 Å². The first-order chi connectivity index (χ1) is 10.1. The van der Waals surface area contributed by atoms with E-state index in [1.165, 1.54) is 24.6 Å². The van der Waals surface area contributed by atoms with E-state index < -0.39 is 10.8 Å². The van der Waals surface area contributed by atoms with Gasteiger partial charge in [-0.2, -0.15) is 0 Å². The lowest BCUT2D eigenvalue weighted by Gasteiger charge is -2.22. The van der Waals surface area contributed by atoms with Gasteiger partial charge in [-0.25, -0.2) is 0 Å². The minimum atomic E-state index is -0.582. The summed E-state index contributed by atoms with van der Waals surface area (Å²) in [4.78, 5) is 24.4. The molecule has 2 atom stereocenters. The van der Waals surface area contributed by atoms with Crippen LogP contribution in [0.5, 0.6) is 0 Å². The average Bonchev–Trinajstić information content (AvgIpc) is 3.03. The van der Waals surface area contributed by atoms with Crippen molar-refractivity contribution in [2.24, 2.45) is 5.73 Å². The molecule has 1 amide bonds. The average molecular weight is 290 g/mol. The maximum absolute atomic E-state index is 11.3. The predicted octanol–water partition coefficient (Wildman–Crippen LogP) is 1.34. The molecule has 21 heavy (non-hydrogen) atoms. The number of rotatable bonds is 4. The first kappa shape index (κ1) is 13.8. The number of amides is 1. The lowest BCUT2D eigenvalue weighted by Crippen LogP contribution is -2.34. The zero-order chi connectivity index (χ0) is 15.0. The van der Waals surface area contributed by atoms with Gasteiger partial charge in [0.15, 0.2) is 0 Å². The molecule has 2 aliphatic rings. The molecule has 0 bridgehead atoms. The van der Waals surface area contributed by atoms with E-state index in [9.17, 15) is 14.9 Å². The van der Waals surface area contributed by atoms with E-state index in [1.54, 1.807) is 0 Å². The van der Waals surface area contributed by atoms with E-state index in [4.69, 9.17) is 5.73 Å². The fraction of sp³-hybridized carbons (Fsp3) is 0.500. The third-order valence-electron chi connectivity index (χ3n) is 4.42. The molecule has 0 spiro atoms. The monoisotopic (exact) mass is 290 g/mol. The van der Waals surface area contributed by atoms with E-state index >= 15 is 0 Å². The number of nitrogens with zero attached hydrogens (tertiary/aromatic N) is 2. The van der Waals surface area contributed by atoms with E-state index in [2.05, 4.69) is 10.2 Å². The Labute approximate surface area is 122 Å². The number of nitro benzene ring substituents is 1. The normalized spacial score (nSPS) is 24.8. The molecule has 2 fully saturated rings. The van der Waals surface area contributed by atoms with E-state index in [-0.39, 0.29) is 17.3 Å². The van der Waals surface area contributed by atoms with Crippen LogP contribution in [0.3, 0.4) is 0 Å². The highest BCUT2D eigenvalue weighted by Crippen LogP contribution is 2.33. The third kappa shape index (κ3) is 2.56. The van der Waals surface area contributed by atoms with Gasteiger partial charge in [0.1, 0.15) is 5.69 Å². The quantitative estimate of drug-likeness (QED) is 0.643. The zero-order valence-corrected chi connectivity index (χ0v) is 11.6. The Hall–Kier alpha value is -2.15. The number of nitrogens with two attached hydrogens (primary N) is 1. The van der Waals surface area contributed by atoms with Crippen LogP contribution in [-0.4, -0.2) is 40.9 Å². The number of hydrogen-bond donors (Lipinski definition) is 2. The SMILES string of the molecule is NC(=O)c1ccc([N+](=O)[O-])c(NC2CCN3CCCC23)c1. The van der Waals surface area contributed by atoms with Gasteiger partial charge in [-0.15, -0.1) is 0 Å². The van der Waals surface area contributed by atoms with Crippen LogP contribution in [-0.2, 0) is 0 Å². The Morgan fingerprint density at radius 2 is 2.19 bits per heavy atom. The number of primary amides is 1. The fourth-order valence-electron chi connectivity index (χ4n) is 3.41. The van der Waals surface area contributed by atoms with Crippen molar-refractivity contribution in [2.45, 2.75) is 31.3 Å². The summed E-state index contributed by atoms with van der Waals surface area (Å²) >= 11 is 0. The van der Waals surface area contributed by atoms with Crippen molar-refractivity contribution in [2.75, 3.05) is 18.4 Å². The molecular formula is C14H18N4O3. The summed E-state index contributed by atoms with van der Waals surface area (Å²) in [5.41, 5.74) is 5.91. The molecule has 1 aromatic carbocycles. The molecule has 2 unspecified atom stereocenters. The topological polar surface area (TPSA) is 102 Å². The minimum Gasteiger partial charge on any atom is -0.375 e. The summed E-state index contributed by atoms with van der Waals surface area (Å²) in [6.07, 6.45) is 3.25. The molecule has 1 aromatic rings. The Bertz CT molecular complexity index is 590. The molecule has 3 rings (SSSR count). The van der Waals surface area contributed by atoms with Crippen LogP contribution in [0, 0.1) is 10.1 Å². The van der Waals surface area contributed by atoms with Gasteiger partial charge in [-0.3, -0.25) is 19.8 Å². The fourth-order valence-corrected chi connectivity index (χ4v) is 3.41. The van der Waals surface area contributed by atoms with Crippen LogP contribution in [0.1, 0.15) is 29.6 Å². The number of carbonyl (C=O) groups excluding carboxylic acids is 1. The zero-order valence-electron chi connectivity index (χ0n) is 11.6. The van der Waals surface area contributed by atoms with Crippen LogP contribution in [0.2, 0.25) is 0 Å². The van der Waals surface area contributed by atoms with Crippen LogP contribution in [0.15, 0.2) is 18.2 Å². The van der Waals surface area contributed by atoms with Gasteiger partial charge in [-0.05, 0) is 37.9 Å². The van der Waals surface area contributed by atoms with E-state index in [0.717, 1.165) is 25.9 Å². The molecule has 7 nitrogen and oxygen atoms in total. The summed E-state index contributed by atoms with van der Waals surface area (Å²) in [6.45, 7) is 2.12. The second kappa shape index (κ2) is 5.33. The van der Waals surface area contributed by atoms with Crippen molar-refractivity contribution < 1.29 is 9.72 Å².